The summed E-state index contributed by atoms with van der Waals surface area (Å²) in [7, 11) is 0. The van der Waals surface area contributed by atoms with Gasteiger partial charge in [0.05, 0.1) is 19.2 Å². The Balaban J connectivity index is 5.32. The fourth-order valence-electron chi connectivity index (χ4n) is 3.49. The molecular formula is C25H46N8O9S2. The van der Waals surface area contributed by atoms with Gasteiger partial charge in [-0.25, -0.2) is 4.79 Å². The Morgan fingerprint density at radius 1 is 0.727 bits per heavy atom. The van der Waals surface area contributed by atoms with Crippen LogP contribution in [0.15, 0.2) is 0 Å². The molecule has 0 aliphatic carbocycles. The Kier molecular flexibility index (Phi) is 20.0. The number of carboxylic acids is 1. The van der Waals surface area contributed by atoms with Crippen molar-refractivity contribution < 1.29 is 43.8 Å². The molecule has 0 fully saturated rings. The predicted molar refractivity (Wildman–Crippen MR) is 166 cm³/mol. The second-order valence-electron chi connectivity index (χ2n) is 10.2. The highest BCUT2D eigenvalue weighted by molar-refractivity contribution is 7.80. The minimum atomic E-state index is -1.38. The molecule has 19 heteroatoms. The topological polar surface area (TPSA) is 284 Å². The van der Waals surface area contributed by atoms with Gasteiger partial charge >= 0.3 is 5.97 Å². The predicted octanol–water partition coefficient (Wildman–Crippen LogP) is -4.40. The Labute approximate surface area is 267 Å². The van der Waals surface area contributed by atoms with Crippen molar-refractivity contribution in [2.24, 2.45) is 17.4 Å². The minimum Gasteiger partial charge on any atom is -0.480 e. The Morgan fingerprint density at radius 2 is 1.34 bits per heavy atom. The van der Waals surface area contributed by atoms with Crippen LogP contribution in [0.2, 0.25) is 0 Å². The van der Waals surface area contributed by atoms with Gasteiger partial charge < -0.3 is 53.6 Å². The minimum absolute atomic E-state index is 0.000836. The highest BCUT2D eigenvalue weighted by atomic mass is 32.1. The summed E-state index contributed by atoms with van der Waals surface area (Å²) in [6.45, 7) is 3.60. The smallest absolute Gasteiger partial charge is 0.327 e. The molecule has 252 valence electrons. The lowest BCUT2D eigenvalue weighted by Crippen LogP contribution is -2.58. The van der Waals surface area contributed by atoms with E-state index in [0.717, 1.165) is 0 Å². The largest absolute Gasteiger partial charge is 0.480 e. The zero-order valence-electron chi connectivity index (χ0n) is 25.0. The van der Waals surface area contributed by atoms with Crippen LogP contribution < -0.4 is 43.4 Å². The maximum Gasteiger partial charge on any atom is 0.327 e. The Morgan fingerprint density at radius 3 is 1.84 bits per heavy atom. The highest BCUT2D eigenvalue weighted by Crippen LogP contribution is 2.05. The van der Waals surface area contributed by atoms with Crippen LogP contribution in [0.25, 0.3) is 0 Å². The van der Waals surface area contributed by atoms with Crippen molar-refractivity contribution in [2.75, 3.05) is 31.2 Å². The number of nitrogens with two attached hydrogens (primary N) is 2. The normalized spacial score (nSPS) is 15.0. The van der Waals surface area contributed by atoms with Crippen molar-refractivity contribution in [3.05, 3.63) is 0 Å². The first-order valence-corrected chi connectivity index (χ1v) is 15.2. The van der Waals surface area contributed by atoms with Crippen molar-refractivity contribution in [3.8, 4) is 0 Å². The van der Waals surface area contributed by atoms with Crippen molar-refractivity contribution in [2.45, 2.75) is 76.3 Å². The lowest BCUT2D eigenvalue weighted by Gasteiger charge is -2.26. The molecule has 0 heterocycles. The summed E-state index contributed by atoms with van der Waals surface area (Å²) >= 11 is 7.79. The summed E-state index contributed by atoms with van der Waals surface area (Å²) in [6, 6.07) is -7.08. The van der Waals surface area contributed by atoms with Gasteiger partial charge in [0.1, 0.15) is 30.2 Å². The molecular weight excluding hydrogens is 620 g/mol. The number of rotatable bonds is 21. The average molecular weight is 667 g/mol. The van der Waals surface area contributed by atoms with E-state index >= 15 is 0 Å². The van der Waals surface area contributed by atoms with Gasteiger partial charge in [0.25, 0.3) is 0 Å². The van der Waals surface area contributed by atoms with Crippen LogP contribution in [0.4, 0.5) is 0 Å². The molecule has 0 radical (unpaired) electrons. The van der Waals surface area contributed by atoms with Gasteiger partial charge in [-0.3, -0.25) is 28.8 Å². The summed E-state index contributed by atoms with van der Waals surface area (Å²) in [5, 5.41) is 32.8. The number of aliphatic hydroxyl groups is 1. The number of aliphatic hydroxyl groups excluding tert-OH is 1. The lowest BCUT2D eigenvalue weighted by atomic mass is 10.0. The fraction of sp³-hybridized carbons (Fsp3) is 0.720. The van der Waals surface area contributed by atoms with Gasteiger partial charge in [-0.15, -0.1) is 0 Å². The number of carbonyl (C=O) groups excluding carboxylic acids is 6. The molecule has 0 unspecified atom stereocenters. The van der Waals surface area contributed by atoms with E-state index in [4.69, 9.17) is 11.5 Å². The van der Waals surface area contributed by atoms with Crippen LogP contribution >= 0.6 is 25.3 Å². The summed E-state index contributed by atoms with van der Waals surface area (Å²) in [6.07, 6.45) is 1.12. The second kappa shape index (κ2) is 21.6. The molecule has 6 atom stereocenters. The molecule has 12 N–H and O–H groups in total. The maximum atomic E-state index is 13.0. The lowest BCUT2D eigenvalue weighted by molar-refractivity contribution is -0.142. The number of carbonyl (C=O) groups is 7. The molecule has 44 heavy (non-hydrogen) atoms. The number of thiol groups is 2. The molecule has 0 saturated heterocycles. The number of carboxylic acid groups (broad SMARTS) is 1. The molecule has 0 spiro atoms. The van der Waals surface area contributed by atoms with Crippen LogP contribution in [0.3, 0.4) is 0 Å². The third-order valence-electron chi connectivity index (χ3n) is 6.17. The van der Waals surface area contributed by atoms with Gasteiger partial charge in [0.2, 0.25) is 35.4 Å². The van der Waals surface area contributed by atoms with Crippen molar-refractivity contribution in [3.63, 3.8) is 0 Å². The van der Waals surface area contributed by atoms with Crippen LogP contribution in [-0.2, 0) is 33.6 Å². The van der Waals surface area contributed by atoms with Gasteiger partial charge in [0.15, 0.2) is 0 Å². The van der Waals surface area contributed by atoms with Crippen molar-refractivity contribution >= 4 is 66.7 Å². The zero-order valence-corrected chi connectivity index (χ0v) is 26.8. The molecule has 0 aliphatic heterocycles. The van der Waals surface area contributed by atoms with E-state index in [2.05, 4.69) is 57.2 Å². The first-order chi connectivity index (χ1) is 20.6. The zero-order chi connectivity index (χ0) is 34.0. The molecule has 0 aromatic rings. The van der Waals surface area contributed by atoms with Gasteiger partial charge in [-0.2, -0.15) is 25.3 Å². The molecule has 0 rings (SSSR count). The van der Waals surface area contributed by atoms with Crippen LogP contribution in [0.1, 0.15) is 40.0 Å². The average Bonchev–Trinajstić information content (AvgIpc) is 2.98. The molecule has 0 bridgehead atoms. The van der Waals surface area contributed by atoms with Crippen molar-refractivity contribution in [1.29, 1.82) is 0 Å². The van der Waals surface area contributed by atoms with E-state index in [1.807, 2.05) is 0 Å². The van der Waals surface area contributed by atoms with Crippen molar-refractivity contribution in [1.82, 2.24) is 31.9 Å². The summed E-state index contributed by atoms with van der Waals surface area (Å²) in [5.74, 6) is -6.47. The first-order valence-electron chi connectivity index (χ1n) is 13.9. The third-order valence-corrected chi connectivity index (χ3v) is 6.93. The Hall–Kier alpha value is -3.13. The summed E-state index contributed by atoms with van der Waals surface area (Å²) < 4.78 is 0. The number of aliphatic carboxylic acids is 1. The van der Waals surface area contributed by atoms with Crippen LogP contribution in [-0.4, -0.2) is 119 Å². The van der Waals surface area contributed by atoms with Crippen LogP contribution in [0.5, 0.6) is 0 Å². The summed E-state index contributed by atoms with van der Waals surface area (Å²) in [5.41, 5.74) is 11.1. The van der Waals surface area contributed by atoms with Crippen LogP contribution in [0, 0.1) is 5.92 Å². The molecule has 0 saturated carbocycles. The SMILES string of the molecule is CC(C)[C@H](NC(=O)[C@H](C)NC(=O)[C@H](CCCCN)NC(=O)CNC(=O)[C@H](CO)NC(=O)[C@@H](N)CS)C(=O)N[C@@H](CS)C(=O)O. The molecule has 0 aromatic carbocycles. The molecule has 17 nitrogen and oxygen atoms in total. The van der Waals surface area contributed by atoms with Gasteiger partial charge in [-0.05, 0) is 38.6 Å². The fourth-order valence-corrected chi connectivity index (χ4v) is 3.91. The number of hydrogen-bond donors (Lipinski definition) is 12. The van der Waals surface area contributed by atoms with Gasteiger partial charge in [0, 0.05) is 11.5 Å². The van der Waals surface area contributed by atoms with E-state index in [9.17, 15) is 43.8 Å². The quantitative estimate of drug-likeness (QED) is 0.0410. The first kappa shape index (κ1) is 40.9. The number of nitrogens with one attached hydrogen (secondary N) is 6. The number of hydrogen-bond acceptors (Lipinski definition) is 12. The van der Waals surface area contributed by atoms with E-state index in [1.54, 1.807) is 13.8 Å². The number of amides is 6. The molecule has 0 aromatic heterocycles. The monoisotopic (exact) mass is 666 g/mol. The number of unbranched alkanes of at least 4 members (excludes halogenated alkanes) is 1. The van der Waals surface area contributed by atoms with E-state index in [-0.39, 0.29) is 17.9 Å². The third kappa shape index (κ3) is 15.0. The Bertz CT molecular complexity index is 1000. The summed E-state index contributed by atoms with van der Waals surface area (Å²) in [4.78, 5) is 86.6. The van der Waals surface area contributed by atoms with E-state index in [0.29, 0.717) is 19.4 Å². The maximum absolute atomic E-state index is 13.0. The van der Waals surface area contributed by atoms with E-state index in [1.165, 1.54) is 6.92 Å². The van der Waals surface area contributed by atoms with E-state index < -0.39 is 96.7 Å². The van der Waals surface area contributed by atoms with Gasteiger partial charge in [-0.1, -0.05) is 13.8 Å². The standard InChI is InChI=1S/C25H46N8O9S2/c1-12(2)19(24(40)32-17(11-44)25(41)42)33-20(36)13(3)29-23(39)15(6-4-5-7-26)30-18(35)8-28-22(38)16(9-34)31-21(37)14(27)10-43/h12-17,19,34,43-44H,4-11,26-27H2,1-3H3,(H,28,38)(H,29,39)(H,30,35)(H,31,37)(H,32,40)(H,33,36)(H,41,42)/t13-,14-,15-,16-,17-,19-/m0/s1. The highest BCUT2D eigenvalue weighted by Gasteiger charge is 2.31. The molecule has 0 aliphatic rings. The second-order valence-corrected chi connectivity index (χ2v) is 10.9. The molecule has 6 amide bonds.